The summed E-state index contributed by atoms with van der Waals surface area (Å²) < 4.78 is 5.23. The number of nitrogens with two attached hydrogens (primary N) is 1. The van der Waals surface area contributed by atoms with Crippen LogP contribution in [0.3, 0.4) is 0 Å². The van der Waals surface area contributed by atoms with Gasteiger partial charge in [-0.1, -0.05) is 6.58 Å². The highest BCUT2D eigenvalue weighted by Gasteiger charge is 2.14. The molecular formula is C11H20N2O3. The molecule has 0 aromatic carbocycles. The van der Waals surface area contributed by atoms with Crippen LogP contribution in [0.5, 0.6) is 0 Å². The largest absolute Gasteiger partial charge is 0.388 e. The van der Waals surface area contributed by atoms with Crippen molar-refractivity contribution < 1.29 is 14.6 Å². The molecule has 1 heterocycles. The summed E-state index contributed by atoms with van der Waals surface area (Å²) in [4.78, 5) is 12.9. The average molecular weight is 228 g/mol. The minimum atomic E-state index is -0.807. The van der Waals surface area contributed by atoms with E-state index in [9.17, 15) is 9.90 Å². The lowest BCUT2D eigenvalue weighted by Gasteiger charge is -2.27. The van der Waals surface area contributed by atoms with Crippen LogP contribution in [0, 0.1) is 0 Å². The van der Waals surface area contributed by atoms with Crippen molar-refractivity contribution in [3.8, 4) is 0 Å². The van der Waals surface area contributed by atoms with Crippen LogP contribution in [-0.2, 0) is 9.53 Å². The number of morpholine rings is 1. The molecule has 0 radical (unpaired) electrons. The molecule has 0 bridgehead atoms. The molecule has 0 spiro atoms. The SMILES string of the molecule is C=C(CCN1CCOCC1)[C@@H](O)CC(N)=O. The third kappa shape index (κ3) is 4.74. The van der Waals surface area contributed by atoms with Crippen LogP contribution in [0.15, 0.2) is 12.2 Å². The van der Waals surface area contributed by atoms with Gasteiger partial charge in [-0.2, -0.15) is 0 Å². The summed E-state index contributed by atoms with van der Waals surface area (Å²) in [7, 11) is 0. The number of ether oxygens (including phenoxy) is 1. The number of nitrogens with zero attached hydrogens (tertiary/aromatic N) is 1. The molecule has 0 aromatic heterocycles. The van der Waals surface area contributed by atoms with Crippen molar-refractivity contribution in [1.82, 2.24) is 4.90 Å². The second kappa shape index (κ2) is 6.62. The monoisotopic (exact) mass is 228 g/mol. The van der Waals surface area contributed by atoms with E-state index >= 15 is 0 Å². The van der Waals surface area contributed by atoms with Crippen molar-refractivity contribution in [3.63, 3.8) is 0 Å². The maximum atomic E-state index is 10.6. The Labute approximate surface area is 95.9 Å². The second-order valence-corrected chi connectivity index (χ2v) is 4.05. The number of amides is 1. The fourth-order valence-corrected chi connectivity index (χ4v) is 1.63. The van der Waals surface area contributed by atoms with Crippen molar-refractivity contribution >= 4 is 5.91 Å². The Bertz CT molecular complexity index is 250. The Morgan fingerprint density at radius 1 is 1.50 bits per heavy atom. The summed E-state index contributed by atoms with van der Waals surface area (Å²) in [5.74, 6) is -0.500. The molecule has 1 rings (SSSR count). The predicted molar refractivity (Wildman–Crippen MR) is 60.8 cm³/mol. The van der Waals surface area contributed by atoms with E-state index < -0.39 is 12.0 Å². The Hall–Kier alpha value is -0.910. The molecule has 5 heteroatoms. The number of carbonyl (C=O) groups excluding carboxylic acids is 1. The molecule has 16 heavy (non-hydrogen) atoms. The van der Waals surface area contributed by atoms with Crippen LogP contribution in [0.2, 0.25) is 0 Å². The Morgan fingerprint density at radius 3 is 2.69 bits per heavy atom. The molecule has 1 amide bonds. The molecule has 92 valence electrons. The van der Waals surface area contributed by atoms with Gasteiger partial charge in [-0.3, -0.25) is 9.69 Å². The molecule has 1 aliphatic heterocycles. The molecule has 0 unspecified atom stereocenters. The Kier molecular flexibility index (Phi) is 5.45. The van der Waals surface area contributed by atoms with Gasteiger partial charge >= 0.3 is 0 Å². The summed E-state index contributed by atoms with van der Waals surface area (Å²) in [5, 5.41) is 9.57. The van der Waals surface area contributed by atoms with Gasteiger partial charge in [-0.05, 0) is 12.0 Å². The van der Waals surface area contributed by atoms with Gasteiger partial charge in [0.15, 0.2) is 0 Å². The van der Waals surface area contributed by atoms with Crippen molar-refractivity contribution in [2.24, 2.45) is 5.73 Å². The zero-order chi connectivity index (χ0) is 12.0. The highest BCUT2D eigenvalue weighted by atomic mass is 16.5. The standard InChI is InChI=1S/C11H20N2O3/c1-9(10(14)8-11(12)15)2-3-13-4-6-16-7-5-13/h10,14H,1-8H2,(H2,12,15)/t10-/m0/s1. The van der Waals surface area contributed by atoms with Gasteiger partial charge in [0.2, 0.25) is 5.91 Å². The number of aliphatic hydroxyl groups excluding tert-OH is 1. The quantitative estimate of drug-likeness (QED) is 0.601. The lowest BCUT2D eigenvalue weighted by molar-refractivity contribution is -0.119. The third-order valence-corrected chi connectivity index (χ3v) is 2.72. The zero-order valence-corrected chi connectivity index (χ0v) is 9.52. The van der Waals surface area contributed by atoms with E-state index in [4.69, 9.17) is 10.5 Å². The molecule has 1 fully saturated rings. The number of hydrogen-bond donors (Lipinski definition) is 2. The molecule has 1 atom stereocenters. The van der Waals surface area contributed by atoms with E-state index in [1.807, 2.05) is 0 Å². The first-order valence-corrected chi connectivity index (χ1v) is 5.53. The van der Waals surface area contributed by atoms with Gasteiger partial charge in [0.25, 0.3) is 0 Å². The van der Waals surface area contributed by atoms with E-state index in [-0.39, 0.29) is 6.42 Å². The smallest absolute Gasteiger partial charge is 0.220 e. The van der Waals surface area contributed by atoms with Crippen LogP contribution < -0.4 is 5.73 Å². The Balaban J connectivity index is 2.20. The van der Waals surface area contributed by atoms with Crippen LogP contribution in [0.4, 0.5) is 0 Å². The molecule has 5 nitrogen and oxygen atoms in total. The van der Waals surface area contributed by atoms with Gasteiger partial charge < -0.3 is 15.6 Å². The molecular weight excluding hydrogens is 208 g/mol. The summed E-state index contributed by atoms with van der Waals surface area (Å²) in [5.41, 5.74) is 5.67. The molecule has 0 saturated carbocycles. The maximum Gasteiger partial charge on any atom is 0.220 e. The first kappa shape index (κ1) is 13.2. The van der Waals surface area contributed by atoms with Crippen LogP contribution in [-0.4, -0.2) is 54.9 Å². The van der Waals surface area contributed by atoms with E-state index in [0.717, 1.165) is 32.8 Å². The minimum absolute atomic E-state index is 0.0397. The van der Waals surface area contributed by atoms with Crippen molar-refractivity contribution in [2.45, 2.75) is 18.9 Å². The Morgan fingerprint density at radius 2 is 2.12 bits per heavy atom. The molecule has 0 aromatic rings. The predicted octanol–water partition coefficient (Wildman–Crippen LogP) is -0.499. The summed E-state index contributed by atoms with van der Waals surface area (Å²) in [6, 6.07) is 0. The molecule has 3 N–H and O–H groups in total. The summed E-state index contributed by atoms with van der Waals surface area (Å²) in [6.45, 7) is 7.97. The summed E-state index contributed by atoms with van der Waals surface area (Å²) >= 11 is 0. The minimum Gasteiger partial charge on any atom is -0.388 e. The van der Waals surface area contributed by atoms with Crippen LogP contribution in [0.1, 0.15) is 12.8 Å². The number of hydrogen-bond acceptors (Lipinski definition) is 4. The van der Waals surface area contributed by atoms with E-state index in [2.05, 4.69) is 11.5 Å². The van der Waals surface area contributed by atoms with E-state index in [0.29, 0.717) is 12.0 Å². The van der Waals surface area contributed by atoms with Gasteiger partial charge in [0.05, 0.1) is 25.7 Å². The van der Waals surface area contributed by atoms with Crippen molar-refractivity contribution in [1.29, 1.82) is 0 Å². The lowest BCUT2D eigenvalue weighted by Crippen LogP contribution is -2.37. The van der Waals surface area contributed by atoms with E-state index in [1.165, 1.54) is 0 Å². The van der Waals surface area contributed by atoms with Gasteiger partial charge in [0, 0.05) is 19.6 Å². The normalized spacial score (nSPS) is 19.3. The van der Waals surface area contributed by atoms with Crippen molar-refractivity contribution in [2.75, 3.05) is 32.8 Å². The molecule has 0 aliphatic carbocycles. The van der Waals surface area contributed by atoms with Gasteiger partial charge in [-0.25, -0.2) is 0 Å². The number of carbonyl (C=O) groups is 1. The fraction of sp³-hybridized carbons (Fsp3) is 0.727. The highest BCUT2D eigenvalue weighted by Crippen LogP contribution is 2.10. The van der Waals surface area contributed by atoms with Crippen molar-refractivity contribution in [3.05, 3.63) is 12.2 Å². The molecule has 1 saturated heterocycles. The zero-order valence-electron chi connectivity index (χ0n) is 9.52. The maximum absolute atomic E-state index is 10.6. The number of aliphatic hydroxyl groups is 1. The molecule has 1 aliphatic rings. The number of primary amides is 1. The van der Waals surface area contributed by atoms with Crippen LogP contribution in [0.25, 0.3) is 0 Å². The highest BCUT2D eigenvalue weighted by molar-refractivity contribution is 5.74. The number of rotatable bonds is 6. The second-order valence-electron chi connectivity index (χ2n) is 4.05. The topological polar surface area (TPSA) is 75.8 Å². The average Bonchev–Trinajstić information content (AvgIpc) is 2.26. The van der Waals surface area contributed by atoms with Crippen LogP contribution >= 0.6 is 0 Å². The van der Waals surface area contributed by atoms with Gasteiger partial charge in [-0.15, -0.1) is 0 Å². The van der Waals surface area contributed by atoms with Gasteiger partial charge in [0.1, 0.15) is 0 Å². The summed E-state index contributed by atoms with van der Waals surface area (Å²) in [6.07, 6.45) is -0.158. The van der Waals surface area contributed by atoms with E-state index in [1.54, 1.807) is 0 Å². The third-order valence-electron chi connectivity index (χ3n) is 2.72. The first-order valence-electron chi connectivity index (χ1n) is 5.53. The fourth-order valence-electron chi connectivity index (χ4n) is 1.63. The lowest BCUT2D eigenvalue weighted by atomic mass is 10.0. The first-order chi connectivity index (χ1) is 7.59.